The molecule has 2 rings (SSSR count). The second-order valence-corrected chi connectivity index (χ2v) is 8.97. The van der Waals surface area contributed by atoms with Crippen molar-refractivity contribution in [2.45, 2.75) is 50.2 Å². The Morgan fingerprint density at radius 1 is 1.47 bits per heavy atom. The summed E-state index contributed by atoms with van der Waals surface area (Å²) < 4.78 is 27.6. The zero-order valence-electron chi connectivity index (χ0n) is 10.8. The number of sulfonamides is 1. The van der Waals surface area contributed by atoms with Crippen molar-refractivity contribution in [1.29, 1.82) is 0 Å². The molecule has 0 amide bonds. The van der Waals surface area contributed by atoms with Gasteiger partial charge in [0.25, 0.3) is 0 Å². The van der Waals surface area contributed by atoms with E-state index in [2.05, 4.69) is 15.9 Å². The lowest BCUT2D eigenvalue weighted by atomic mass is 10.2. The van der Waals surface area contributed by atoms with Crippen LogP contribution in [0.4, 0.5) is 0 Å². The molecule has 0 bridgehead atoms. The average molecular weight is 368 g/mol. The maximum Gasteiger partial charge on any atom is 0.245 e. The quantitative estimate of drug-likeness (QED) is 0.869. The van der Waals surface area contributed by atoms with Gasteiger partial charge in [0, 0.05) is 17.5 Å². The van der Waals surface area contributed by atoms with E-state index in [0.717, 1.165) is 25.7 Å². The van der Waals surface area contributed by atoms with Gasteiger partial charge in [-0.25, -0.2) is 8.42 Å². The van der Waals surface area contributed by atoms with Gasteiger partial charge in [-0.1, -0.05) is 19.8 Å². The number of hydrogen-bond acceptors (Lipinski definition) is 4. The summed E-state index contributed by atoms with van der Waals surface area (Å²) in [7, 11) is -3.47. The molecule has 4 nitrogen and oxygen atoms in total. The van der Waals surface area contributed by atoms with Crippen LogP contribution in [0.2, 0.25) is 0 Å². The Hall–Kier alpha value is 0.0500. The summed E-state index contributed by atoms with van der Waals surface area (Å²) in [6, 6.07) is 1.70. The van der Waals surface area contributed by atoms with Gasteiger partial charge in [0.2, 0.25) is 10.0 Å². The van der Waals surface area contributed by atoms with E-state index in [9.17, 15) is 8.42 Å². The Morgan fingerprint density at radius 2 is 2.11 bits per heavy atom. The molecule has 1 heterocycles. The lowest BCUT2D eigenvalue weighted by Crippen LogP contribution is -2.38. The third-order valence-corrected chi connectivity index (χ3v) is 7.76. The lowest BCUT2D eigenvalue weighted by molar-refractivity contribution is 0.285. The maximum atomic E-state index is 12.7. The number of thiophene rings is 1. The van der Waals surface area contributed by atoms with E-state index in [1.54, 1.807) is 10.4 Å². The van der Waals surface area contributed by atoms with E-state index >= 15 is 0 Å². The van der Waals surface area contributed by atoms with Crippen molar-refractivity contribution in [1.82, 2.24) is 4.31 Å². The summed E-state index contributed by atoms with van der Waals surface area (Å²) in [5, 5.41) is 9.13. The SMILES string of the molecule is CCN(C1CCCC1)S(=O)(=O)c1cc(CO)sc1Br. The topological polar surface area (TPSA) is 57.6 Å². The summed E-state index contributed by atoms with van der Waals surface area (Å²) in [5.74, 6) is 0. The van der Waals surface area contributed by atoms with Crippen LogP contribution >= 0.6 is 27.3 Å². The van der Waals surface area contributed by atoms with Crippen LogP contribution < -0.4 is 0 Å². The van der Waals surface area contributed by atoms with Gasteiger partial charge < -0.3 is 5.11 Å². The largest absolute Gasteiger partial charge is 0.391 e. The zero-order chi connectivity index (χ0) is 14.0. The highest BCUT2D eigenvalue weighted by Gasteiger charge is 2.34. The van der Waals surface area contributed by atoms with E-state index in [1.807, 2.05) is 6.92 Å². The van der Waals surface area contributed by atoms with Gasteiger partial charge >= 0.3 is 0 Å². The molecule has 0 unspecified atom stereocenters. The number of aliphatic hydroxyl groups is 1. The minimum atomic E-state index is -3.47. The molecule has 1 fully saturated rings. The van der Waals surface area contributed by atoms with Crippen LogP contribution in [0.25, 0.3) is 0 Å². The fourth-order valence-electron chi connectivity index (χ4n) is 2.59. The molecule has 1 N–H and O–H groups in total. The van der Waals surface area contributed by atoms with Crippen molar-refractivity contribution in [3.63, 3.8) is 0 Å². The predicted octanol–water partition coefficient (Wildman–Crippen LogP) is 2.96. The van der Waals surface area contributed by atoms with E-state index in [0.29, 0.717) is 15.2 Å². The van der Waals surface area contributed by atoms with Crippen molar-refractivity contribution in [3.8, 4) is 0 Å². The third kappa shape index (κ3) is 3.05. The standard InChI is InChI=1S/C12H18BrNO3S2/c1-2-14(9-5-3-4-6-9)19(16,17)11-7-10(8-15)18-12(11)13/h7,9,15H,2-6,8H2,1H3. The van der Waals surface area contributed by atoms with Gasteiger partial charge in [-0.3, -0.25) is 0 Å². The van der Waals surface area contributed by atoms with E-state index in [-0.39, 0.29) is 17.5 Å². The molecule has 1 aliphatic rings. The monoisotopic (exact) mass is 367 g/mol. The first-order valence-electron chi connectivity index (χ1n) is 6.41. The molecular formula is C12H18BrNO3S2. The lowest BCUT2D eigenvalue weighted by Gasteiger charge is -2.26. The normalized spacial score (nSPS) is 17.5. The van der Waals surface area contributed by atoms with Gasteiger partial charge in [-0.15, -0.1) is 11.3 Å². The predicted molar refractivity (Wildman–Crippen MR) is 79.8 cm³/mol. The highest BCUT2D eigenvalue weighted by Crippen LogP contribution is 2.36. The zero-order valence-corrected chi connectivity index (χ0v) is 14.0. The smallest absolute Gasteiger partial charge is 0.245 e. The van der Waals surface area contributed by atoms with E-state index < -0.39 is 10.0 Å². The molecule has 1 saturated carbocycles. The molecule has 0 aromatic carbocycles. The molecule has 19 heavy (non-hydrogen) atoms. The molecule has 0 saturated heterocycles. The van der Waals surface area contributed by atoms with Crippen LogP contribution in [0, 0.1) is 0 Å². The molecular weight excluding hydrogens is 350 g/mol. The Morgan fingerprint density at radius 3 is 2.58 bits per heavy atom. The Balaban J connectivity index is 2.36. The van der Waals surface area contributed by atoms with Crippen molar-refractivity contribution in [2.75, 3.05) is 6.54 Å². The van der Waals surface area contributed by atoms with E-state index in [1.165, 1.54) is 11.3 Å². The molecule has 0 spiro atoms. The molecule has 7 heteroatoms. The van der Waals surface area contributed by atoms with Crippen molar-refractivity contribution < 1.29 is 13.5 Å². The third-order valence-electron chi connectivity index (χ3n) is 3.49. The first kappa shape index (κ1) is 15.4. The van der Waals surface area contributed by atoms with Crippen LogP contribution in [-0.2, 0) is 16.6 Å². The number of halogens is 1. The highest BCUT2D eigenvalue weighted by atomic mass is 79.9. The van der Waals surface area contributed by atoms with E-state index in [4.69, 9.17) is 5.11 Å². The summed E-state index contributed by atoms with van der Waals surface area (Å²) >= 11 is 4.57. The minimum absolute atomic E-state index is 0.124. The number of hydrogen-bond donors (Lipinski definition) is 1. The summed E-state index contributed by atoms with van der Waals surface area (Å²) in [6.45, 7) is 2.24. The minimum Gasteiger partial charge on any atom is -0.391 e. The van der Waals surface area contributed by atoms with Crippen LogP contribution in [0.3, 0.4) is 0 Å². The molecule has 1 aliphatic carbocycles. The Labute approximate surface area is 126 Å². The molecule has 0 aliphatic heterocycles. The second-order valence-electron chi connectivity index (χ2n) is 4.66. The second kappa shape index (κ2) is 6.22. The van der Waals surface area contributed by atoms with Crippen LogP contribution in [0.1, 0.15) is 37.5 Å². The van der Waals surface area contributed by atoms with Crippen LogP contribution in [-0.4, -0.2) is 30.4 Å². The maximum absolute atomic E-state index is 12.7. The Kier molecular flexibility index (Phi) is 5.05. The van der Waals surface area contributed by atoms with Gasteiger partial charge in [0.15, 0.2) is 0 Å². The van der Waals surface area contributed by atoms with Crippen molar-refractivity contribution in [3.05, 3.63) is 14.7 Å². The van der Waals surface area contributed by atoms with Crippen LogP contribution in [0.15, 0.2) is 14.7 Å². The fraction of sp³-hybridized carbons (Fsp3) is 0.667. The first-order chi connectivity index (χ1) is 9.00. The summed E-state index contributed by atoms with van der Waals surface area (Å²) in [6.07, 6.45) is 4.09. The number of rotatable bonds is 5. The van der Waals surface area contributed by atoms with Gasteiger partial charge in [0.1, 0.15) is 4.90 Å². The van der Waals surface area contributed by atoms with Crippen molar-refractivity contribution >= 4 is 37.3 Å². The van der Waals surface area contributed by atoms with Crippen LogP contribution in [0.5, 0.6) is 0 Å². The van der Waals surface area contributed by atoms with Gasteiger partial charge in [0.05, 0.1) is 10.4 Å². The first-order valence-corrected chi connectivity index (χ1v) is 9.46. The summed E-state index contributed by atoms with van der Waals surface area (Å²) in [4.78, 5) is 0.947. The van der Waals surface area contributed by atoms with Gasteiger partial charge in [-0.2, -0.15) is 4.31 Å². The van der Waals surface area contributed by atoms with Gasteiger partial charge in [-0.05, 0) is 34.8 Å². The molecule has 1 aromatic rings. The molecule has 0 atom stereocenters. The van der Waals surface area contributed by atoms with Crippen molar-refractivity contribution in [2.24, 2.45) is 0 Å². The average Bonchev–Trinajstić information content (AvgIpc) is 2.99. The number of nitrogens with zero attached hydrogens (tertiary/aromatic N) is 1. The highest BCUT2D eigenvalue weighted by molar-refractivity contribution is 9.11. The molecule has 108 valence electrons. The molecule has 1 aromatic heterocycles. The fourth-order valence-corrected chi connectivity index (χ4v) is 6.78. The Bertz CT molecular complexity index is 535. The summed E-state index contributed by atoms with van der Waals surface area (Å²) in [5.41, 5.74) is 0. The molecule has 0 radical (unpaired) electrons. The number of aliphatic hydroxyl groups excluding tert-OH is 1.